The molecule has 0 fully saturated rings. The van der Waals surface area contributed by atoms with Gasteiger partial charge in [-0.3, -0.25) is 0 Å². The molecule has 0 saturated carbocycles. The zero-order chi connectivity index (χ0) is 15.2. The van der Waals surface area contributed by atoms with Crippen molar-refractivity contribution in [1.29, 1.82) is 0 Å². The summed E-state index contributed by atoms with van der Waals surface area (Å²) in [6.45, 7) is 14.9. The normalized spacial score (nSPS) is 15.1. The molecule has 0 aromatic heterocycles. The summed E-state index contributed by atoms with van der Waals surface area (Å²) in [4.78, 5) is 0. The summed E-state index contributed by atoms with van der Waals surface area (Å²) in [5, 5.41) is 12.9. The molecule has 0 heterocycles. The maximum absolute atomic E-state index is 12.9. The number of hydrogen-bond donors (Lipinski definition) is 0. The van der Waals surface area contributed by atoms with Gasteiger partial charge in [0.15, 0.2) is 0 Å². The van der Waals surface area contributed by atoms with Crippen LogP contribution in [-0.2, 0) is 27.1 Å². The van der Waals surface area contributed by atoms with Crippen molar-refractivity contribution in [3.8, 4) is 5.75 Å². The van der Waals surface area contributed by atoms with Gasteiger partial charge >= 0.3 is 21.7 Å². The standard InChI is InChI=1S/C19H26O.2ClH.Ti.H2/c1-11-12(2)14(4)17(13(11)3)15-9-8-10-16(18(15)20)19(5,6)7;;;;/h8-10,17,20H,1-7H3;2*1H;;1H/q;;;+3;/p-3. The van der Waals surface area contributed by atoms with E-state index in [4.69, 9.17) is 0 Å². The molecule has 1 aromatic carbocycles. The fraction of sp³-hybridized carbons (Fsp3) is 0.474. The van der Waals surface area contributed by atoms with Crippen molar-refractivity contribution in [2.24, 2.45) is 0 Å². The van der Waals surface area contributed by atoms with Gasteiger partial charge in [-0.05, 0) is 49.8 Å². The fourth-order valence-corrected chi connectivity index (χ4v) is 3.19. The summed E-state index contributed by atoms with van der Waals surface area (Å²) in [7, 11) is 0. The van der Waals surface area contributed by atoms with Gasteiger partial charge in [0.25, 0.3) is 0 Å². The topological polar surface area (TPSA) is 23.1 Å². The maximum Gasteiger partial charge on any atom is 3.00 e. The quantitative estimate of drug-likeness (QED) is 0.569. The molecule has 0 amide bonds. The minimum Gasteiger partial charge on any atom is -1.00 e. The number of allylic oxidation sites excluding steroid dienone is 4. The minimum absolute atomic E-state index is 0. The minimum atomic E-state index is -0.106. The second-order valence-electron chi connectivity index (χ2n) is 7.02. The molecule has 1 aliphatic carbocycles. The van der Waals surface area contributed by atoms with Crippen molar-refractivity contribution in [3.63, 3.8) is 0 Å². The Morgan fingerprint density at radius 3 is 1.74 bits per heavy atom. The average Bonchev–Trinajstić information content (AvgIpc) is 2.54. The largest absolute Gasteiger partial charge is 3.00 e. The Morgan fingerprint density at radius 2 is 1.35 bits per heavy atom. The first kappa shape index (κ1) is 25.0. The monoisotopic (exact) mass is 389 g/mol. The van der Waals surface area contributed by atoms with E-state index in [2.05, 4.69) is 48.5 Å². The molecule has 23 heavy (non-hydrogen) atoms. The third-order valence-corrected chi connectivity index (χ3v) is 4.78. The van der Waals surface area contributed by atoms with Gasteiger partial charge in [-0.15, -0.1) is 5.75 Å². The van der Waals surface area contributed by atoms with Gasteiger partial charge in [0.2, 0.25) is 0 Å². The SMILES string of the molecule is CC1=C(C)C(c2cccc(C(C)(C)C)c2[O-])C(C)=C1C.[Cl-].[Cl-].[HH].[Ti+3]. The van der Waals surface area contributed by atoms with Gasteiger partial charge in [0.1, 0.15) is 0 Å². The van der Waals surface area contributed by atoms with E-state index in [9.17, 15) is 5.11 Å². The molecular weight excluding hydrogens is 363 g/mol. The molecule has 0 N–H and O–H groups in total. The summed E-state index contributed by atoms with van der Waals surface area (Å²) >= 11 is 0. The van der Waals surface area contributed by atoms with Gasteiger partial charge in [-0.1, -0.05) is 55.7 Å². The van der Waals surface area contributed by atoms with Gasteiger partial charge in [-0.25, -0.2) is 0 Å². The van der Waals surface area contributed by atoms with Crippen molar-refractivity contribution in [2.45, 2.75) is 59.8 Å². The molecule has 1 aliphatic rings. The average molecular weight is 390 g/mol. The van der Waals surface area contributed by atoms with E-state index in [1.165, 1.54) is 22.3 Å². The number of para-hydroxylation sites is 1. The molecular formula is C19H27Cl2OTi. The maximum atomic E-state index is 12.9. The van der Waals surface area contributed by atoms with E-state index in [1.807, 2.05) is 18.2 Å². The Balaban J connectivity index is -0.00000110. The summed E-state index contributed by atoms with van der Waals surface area (Å²) in [5.74, 6) is 0.385. The predicted octanol–water partition coefficient (Wildman–Crippen LogP) is -0.921. The van der Waals surface area contributed by atoms with Crippen LogP contribution in [0.15, 0.2) is 40.5 Å². The Bertz CT molecular complexity index is 607. The van der Waals surface area contributed by atoms with Gasteiger partial charge in [0.05, 0.1) is 0 Å². The molecule has 1 aromatic rings. The molecule has 0 bridgehead atoms. The van der Waals surface area contributed by atoms with Crippen LogP contribution in [0, 0.1) is 0 Å². The summed E-state index contributed by atoms with van der Waals surface area (Å²) in [6.07, 6.45) is 0. The number of hydrogen-bond acceptors (Lipinski definition) is 1. The van der Waals surface area contributed by atoms with Crippen LogP contribution in [0.1, 0.15) is 66.9 Å². The molecule has 4 heteroatoms. The van der Waals surface area contributed by atoms with E-state index in [1.54, 1.807) is 0 Å². The van der Waals surface area contributed by atoms with E-state index < -0.39 is 0 Å². The molecule has 0 unspecified atom stereocenters. The van der Waals surface area contributed by atoms with Crippen LogP contribution in [0.2, 0.25) is 0 Å². The molecule has 0 spiro atoms. The van der Waals surface area contributed by atoms with Crippen LogP contribution in [0.25, 0.3) is 0 Å². The number of rotatable bonds is 1. The van der Waals surface area contributed by atoms with Gasteiger partial charge < -0.3 is 29.9 Å². The van der Waals surface area contributed by atoms with Crippen molar-refractivity contribution in [1.82, 2.24) is 0 Å². The van der Waals surface area contributed by atoms with E-state index in [0.29, 0.717) is 0 Å². The third kappa shape index (κ3) is 4.45. The van der Waals surface area contributed by atoms with Gasteiger partial charge in [-0.2, -0.15) is 0 Å². The second kappa shape index (κ2) is 8.76. The van der Waals surface area contributed by atoms with Crippen LogP contribution < -0.4 is 29.9 Å². The van der Waals surface area contributed by atoms with Crippen molar-refractivity contribution >= 4 is 0 Å². The zero-order valence-electron chi connectivity index (χ0n) is 15.0. The van der Waals surface area contributed by atoms with Crippen molar-refractivity contribution < 1.29 is 53.1 Å². The first-order chi connectivity index (χ1) is 9.16. The molecule has 1 radical (unpaired) electrons. The number of halogens is 2. The van der Waals surface area contributed by atoms with E-state index in [-0.39, 0.29) is 65.0 Å². The van der Waals surface area contributed by atoms with Gasteiger partial charge in [0, 0.05) is 7.34 Å². The van der Waals surface area contributed by atoms with Crippen molar-refractivity contribution in [3.05, 3.63) is 51.6 Å². The molecule has 1 nitrogen and oxygen atoms in total. The third-order valence-electron chi connectivity index (χ3n) is 4.78. The molecule has 0 saturated heterocycles. The number of benzene rings is 1. The first-order valence-corrected chi connectivity index (χ1v) is 7.31. The van der Waals surface area contributed by atoms with Crippen LogP contribution in [-0.4, -0.2) is 0 Å². The summed E-state index contributed by atoms with van der Waals surface area (Å²) < 4.78 is 0. The Morgan fingerprint density at radius 1 is 0.913 bits per heavy atom. The molecule has 0 atom stereocenters. The zero-order valence-corrected chi connectivity index (χ0v) is 18.0. The van der Waals surface area contributed by atoms with Crippen molar-refractivity contribution in [2.75, 3.05) is 0 Å². The first-order valence-electron chi connectivity index (χ1n) is 7.31. The van der Waals surface area contributed by atoms with Crippen LogP contribution in [0.4, 0.5) is 0 Å². The summed E-state index contributed by atoms with van der Waals surface area (Å²) in [6, 6.07) is 6.00. The molecule has 2 rings (SSSR count). The van der Waals surface area contributed by atoms with Crippen LogP contribution in [0.5, 0.6) is 5.75 Å². The Labute approximate surface area is 169 Å². The van der Waals surface area contributed by atoms with Crippen LogP contribution in [0.3, 0.4) is 0 Å². The predicted molar refractivity (Wildman–Crippen MR) is 86.2 cm³/mol. The fourth-order valence-electron chi connectivity index (χ4n) is 3.19. The molecule has 0 aliphatic heterocycles. The Kier molecular flexibility index (Phi) is 9.54. The second-order valence-corrected chi connectivity index (χ2v) is 7.02. The van der Waals surface area contributed by atoms with Crippen LogP contribution >= 0.6 is 0 Å². The smallest absolute Gasteiger partial charge is 1.00 e. The summed E-state index contributed by atoms with van der Waals surface area (Å²) in [5.41, 5.74) is 7.07. The molecule has 127 valence electrons. The van der Waals surface area contributed by atoms with E-state index >= 15 is 0 Å². The Hall–Kier alpha value is -0.206. The van der Waals surface area contributed by atoms with E-state index in [0.717, 1.165) is 11.1 Å².